The van der Waals surface area contributed by atoms with Crippen LogP contribution in [0.5, 0.6) is 0 Å². The van der Waals surface area contributed by atoms with Gasteiger partial charge in [0.05, 0.1) is 6.54 Å². The Morgan fingerprint density at radius 3 is 2.18 bits per heavy atom. The zero-order valence-corrected chi connectivity index (χ0v) is 20.9. The molecule has 1 aromatic carbocycles. The highest BCUT2D eigenvalue weighted by Crippen LogP contribution is 2.36. The first-order chi connectivity index (χ1) is 17.7. The second kappa shape index (κ2) is 12.4. The lowest BCUT2D eigenvalue weighted by Crippen LogP contribution is -2.52. The highest BCUT2D eigenvalue weighted by Gasteiger charge is 2.60. The van der Waals surface area contributed by atoms with E-state index in [1.54, 1.807) is 0 Å². The number of carbonyl (C=O) groups excluding carboxylic acids is 1. The standard InChI is InChI=1S/C24H32F6N4O4/c1-16-2-3-18(19(12-16)33-6-4-17(5-7-33)13-31-14-20(35)36)15-32-8-10-34(11-9-32)22(37)38-21(23(25,26)27)24(28,29)30/h2-3,12,17,21,31H,4-11,13-15H2,1H3,(H,35,36). The van der Waals surface area contributed by atoms with Crippen LogP contribution in [0, 0.1) is 12.8 Å². The van der Waals surface area contributed by atoms with Gasteiger partial charge in [-0.25, -0.2) is 4.79 Å². The van der Waals surface area contributed by atoms with Crippen LogP contribution in [0.25, 0.3) is 0 Å². The number of ether oxygens (including phenoxy) is 1. The lowest BCUT2D eigenvalue weighted by atomic mass is 9.95. The third-order valence-electron chi connectivity index (χ3n) is 6.74. The van der Waals surface area contributed by atoms with E-state index >= 15 is 0 Å². The molecule has 2 heterocycles. The predicted octanol–water partition coefficient (Wildman–Crippen LogP) is 3.63. The zero-order chi connectivity index (χ0) is 28.1. The molecule has 2 aliphatic heterocycles. The third kappa shape index (κ3) is 8.38. The summed E-state index contributed by atoms with van der Waals surface area (Å²) in [4.78, 5) is 27.9. The van der Waals surface area contributed by atoms with Gasteiger partial charge in [0.1, 0.15) is 0 Å². The smallest absolute Gasteiger partial charge is 0.434 e. The quantitative estimate of drug-likeness (QED) is 0.475. The first-order valence-corrected chi connectivity index (χ1v) is 12.3. The van der Waals surface area contributed by atoms with Gasteiger partial charge < -0.3 is 25.0 Å². The number of carboxylic acid groups (broad SMARTS) is 1. The van der Waals surface area contributed by atoms with E-state index in [-0.39, 0.29) is 32.7 Å². The molecule has 0 radical (unpaired) electrons. The first kappa shape index (κ1) is 29.8. The normalized spacial score (nSPS) is 18.2. The molecule has 1 amide bonds. The fraction of sp³-hybridized carbons (Fsp3) is 0.667. The van der Waals surface area contributed by atoms with Gasteiger partial charge in [0.25, 0.3) is 6.10 Å². The van der Waals surface area contributed by atoms with Gasteiger partial charge in [0.15, 0.2) is 0 Å². The summed E-state index contributed by atoms with van der Waals surface area (Å²) in [5.74, 6) is -0.516. The van der Waals surface area contributed by atoms with Crippen molar-refractivity contribution in [1.29, 1.82) is 0 Å². The number of rotatable bonds is 8. The molecule has 2 N–H and O–H groups in total. The van der Waals surface area contributed by atoms with Gasteiger partial charge in [-0.15, -0.1) is 0 Å². The van der Waals surface area contributed by atoms with Crippen molar-refractivity contribution in [1.82, 2.24) is 15.1 Å². The van der Waals surface area contributed by atoms with Crippen LogP contribution in [0.2, 0.25) is 0 Å². The van der Waals surface area contributed by atoms with E-state index in [4.69, 9.17) is 5.11 Å². The minimum atomic E-state index is -5.75. The summed E-state index contributed by atoms with van der Waals surface area (Å²) in [6.07, 6.45) is -15.5. The average Bonchev–Trinajstić information content (AvgIpc) is 2.83. The fourth-order valence-corrected chi connectivity index (χ4v) is 4.69. The molecule has 214 valence electrons. The lowest BCUT2D eigenvalue weighted by Gasteiger charge is -2.37. The van der Waals surface area contributed by atoms with E-state index < -0.39 is 30.5 Å². The molecular formula is C24H32F6N4O4. The van der Waals surface area contributed by atoms with Gasteiger partial charge in [-0.3, -0.25) is 9.69 Å². The summed E-state index contributed by atoms with van der Waals surface area (Å²) in [5, 5.41) is 11.7. The number of alkyl halides is 6. The van der Waals surface area contributed by atoms with E-state index in [0.29, 0.717) is 19.0 Å². The maximum Gasteiger partial charge on any atom is 0.434 e. The van der Waals surface area contributed by atoms with E-state index in [9.17, 15) is 35.9 Å². The number of benzene rings is 1. The van der Waals surface area contributed by atoms with Gasteiger partial charge in [0.2, 0.25) is 0 Å². The van der Waals surface area contributed by atoms with Gasteiger partial charge in [-0.2, -0.15) is 26.3 Å². The molecular weight excluding hydrogens is 522 g/mol. The maximum absolute atomic E-state index is 12.7. The third-order valence-corrected chi connectivity index (χ3v) is 6.74. The topological polar surface area (TPSA) is 85.4 Å². The van der Waals surface area contributed by atoms with E-state index in [1.165, 1.54) is 0 Å². The van der Waals surface area contributed by atoms with Gasteiger partial charge in [-0.05, 0) is 49.4 Å². The number of halogens is 6. The molecule has 0 spiro atoms. The zero-order valence-electron chi connectivity index (χ0n) is 20.9. The molecule has 8 nitrogen and oxygen atoms in total. The number of carbonyl (C=O) groups is 2. The summed E-state index contributed by atoms with van der Waals surface area (Å²) in [5.41, 5.74) is 3.16. The van der Waals surface area contributed by atoms with Crippen molar-refractivity contribution >= 4 is 17.7 Å². The highest BCUT2D eigenvalue weighted by atomic mass is 19.4. The van der Waals surface area contributed by atoms with Crippen molar-refractivity contribution < 1.29 is 45.8 Å². The maximum atomic E-state index is 12.7. The Kier molecular flexibility index (Phi) is 9.74. The van der Waals surface area contributed by atoms with Crippen molar-refractivity contribution in [2.45, 2.75) is 44.8 Å². The number of hydrogen-bond acceptors (Lipinski definition) is 6. The minimum Gasteiger partial charge on any atom is -0.480 e. The summed E-state index contributed by atoms with van der Waals surface area (Å²) < 4.78 is 80.1. The first-order valence-electron chi connectivity index (χ1n) is 12.3. The number of carboxylic acids is 1. The van der Waals surface area contributed by atoms with Crippen LogP contribution in [-0.2, 0) is 16.1 Å². The van der Waals surface area contributed by atoms with Crippen LogP contribution in [0.3, 0.4) is 0 Å². The van der Waals surface area contributed by atoms with Crippen LogP contribution in [0.4, 0.5) is 36.8 Å². The fourth-order valence-electron chi connectivity index (χ4n) is 4.69. The Balaban J connectivity index is 1.55. The van der Waals surface area contributed by atoms with Gasteiger partial charge in [0, 0.05) is 51.5 Å². The molecule has 2 fully saturated rings. The highest BCUT2D eigenvalue weighted by molar-refractivity contribution is 5.69. The number of aryl methyl sites for hydroxylation is 1. The molecule has 1 aromatic rings. The molecule has 0 unspecified atom stereocenters. The number of hydrogen-bond donors (Lipinski definition) is 2. The number of nitrogens with zero attached hydrogens (tertiary/aromatic N) is 3. The average molecular weight is 555 g/mol. The molecule has 2 saturated heterocycles. The van der Waals surface area contributed by atoms with Crippen molar-refractivity contribution in [3.63, 3.8) is 0 Å². The van der Waals surface area contributed by atoms with Crippen LogP contribution >= 0.6 is 0 Å². The summed E-state index contributed by atoms with van der Waals surface area (Å²) in [6.45, 7) is 5.07. The van der Waals surface area contributed by atoms with E-state index in [2.05, 4.69) is 21.0 Å². The molecule has 2 aliphatic rings. The predicted molar refractivity (Wildman–Crippen MR) is 126 cm³/mol. The number of nitrogens with one attached hydrogen (secondary N) is 1. The van der Waals surface area contributed by atoms with Crippen molar-refractivity contribution in [2.24, 2.45) is 5.92 Å². The number of aliphatic carboxylic acids is 1. The number of piperazine rings is 1. The van der Waals surface area contributed by atoms with Gasteiger partial charge >= 0.3 is 24.4 Å². The molecule has 0 bridgehead atoms. The lowest BCUT2D eigenvalue weighted by molar-refractivity contribution is -0.308. The Bertz CT molecular complexity index is 944. The molecule has 0 saturated carbocycles. The van der Waals surface area contributed by atoms with Crippen LogP contribution in [0.1, 0.15) is 24.0 Å². The largest absolute Gasteiger partial charge is 0.480 e. The summed E-state index contributed by atoms with van der Waals surface area (Å²) in [6, 6.07) is 6.06. The van der Waals surface area contributed by atoms with Crippen LogP contribution < -0.4 is 10.2 Å². The molecule has 0 atom stereocenters. The van der Waals surface area contributed by atoms with Crippen LogP contribution in [0.15, 0.2) is 18.2 Å². The second-order valence-corrected chi connectivity index (χ2v) is 9.70. The Morgan fingerprint density at radius 2 is 1.63 bits per heavy atom. The van der Waals surface area contributed by atoms with Crippen molar-refractivity contribution in [3.8, 4) is 0 Å². The van der Waals surface area contributed by atoms with E-state index in [1.807, 2.05) is 24.0 Å². The van der Waals surface area contributed by atoms with Crippen molar-refractivity contribution in [3.05, 3.63) is 29.3 Å². The minimum absolute atomic E-state index is 0.0583. The second-order valence-electron chi connectivity index (χ2n) is 9.70. The Labute approximate surface area is 216 Å². The molecule has 3 rings (SSSR count). The van der Waals surface area contributed by atoms with Gasteiger partial charge in [-0.1, -0.05) is 12.1 Å². The molecule has 0 aliphatic carbocycles. The Morgan fingerprint density at radius 1 is 1.03 bits per heavy atom. The SMILES string of the molecule is Cc1ccc(CN2CCN(C(=O)OC(C(F)(F)F)C(F)(F)F)CC2)c(N2CCC(CNCC(=O)O)CC2)c1. The summed E-state index contributed by atoms with van der Waals surface area (Å²) in [7, 11) is 0. The molecule has 38 heavy (non-hydrogen) atoms. The Hall–Kier alpha value is -2.74. The number of amides is 1. The van der Waals surface area contributed by atoms with E-state index in [0.717, 1.165) is 47.6 Å². The molecule has 0 aromatic heterocycles. The monoisotopic (exact) mass is 554 g/mol. The molecule has 14 heteroatoms. The van der Waals surface area contributed by atoms with Crippen LogP contribution in [-0.4, -0.2) is 97.8 Å². The summed E-state index contributed by atoms with van der Waals surface area (Å²) >= 11 is 0. The van der Waals surface area contributed by atoms with Crippen molar-refractivity contribution in [2.75, 3.05) is 57.3 Å². The number of anilines is 1. The number of piperidine rings is 1.